The second kappa shape index (κ2) is 8.22. The number of carbonyl (C=O) groups is 1. The minimum absolute atomic E-state index is 0.0189. The highest BCUT2D eigenvalue weighted by Gasteiger charge is 2.33. The van der Waals surface area contributed by atoms with E-state index < -0.39 is 0 Å². The van der Waals surface area contributed by atoms with Crippen molar-refractivity contribution in [2.24, 2.45) is 0 Å². The first kappa shape index (κ1) is 18.2. The summed E-state index contributed by atoms with van der Waals surface area (Å²) in [5.74, 6) is 0.758. The molecule has 1 amide bonds. The summed E-state index contributed by atoms with van der Waals surface area (Å²) in [5.41, 5.74) is 2.57. The molecule has 4 rings (SSSR count). The number of hydrogen-bond donors (Lipinski definition) is 0. The van der Waals surface area contributed by atoms with E-state index in [2.05, 4.69) is 10.3 Å². The van der Waals surface area contributed by atoms with Crippen molar-refractivity contribution in [1.29, 1.82) is 0 Å². The van der Waals surface area contributed by atoms with Gasteiger partial charge in [-0.25, -0.2) is 4.68 Å². The lowest BCUT2D eigenvalue weighted by Crippen LogP contribution is -2.50. The molecule has 3 aromatic rings. The van der Waals surface area contributed by atoms with Crippen LogP contribution in [0.5, 0.6) is 5.75 Å². The number of ether oxygens (including phenoxy) is 2. The van der Waals surface area contributed by atoms with Crippen LogP contribution in [0.3, 0.4) is 0 Å². The minimum atomic E-state index is 0.0189. The summed E-state index contributed by atoms with van der Waals surface area (Å²) in [7, 11) is 1.61. The summed E-state index contributed by atoms with van der Waals surface area (Å²) in [4.78, 5) is 14.3. The molecule has 7 nitrogen and oxygen atoms in total. The number of likely N-dealkylation sites (tertiary alicyclic amines) is 1. The van der Waals surface area contributed by atoms with Crippen LogP contribution in [0.4, 0.5) is 0 Å². The van der Waals surface area contributed by atoms with Crippen molar-refractivity contribution in [3.05, 3.63) is 77.6 Å². The quantitative estimate of drug-likeness (QED) is 0.632. The monoisotopic (exact) mass is 378 g/mol. The van der Waals surface area contributed by atoms with Gasteiger partial charge in [-0.15, -0.1) is 5.10 Å². The van der Waals surface area contributed by atoms with Crippen molar-refractivity contribution in [3.63, 3.8) is 0 Å². The van der Waals surface area contributed by atoms with E-state index >= 15 is 0 Å². The Morgan fingerprint density at radius 2 is 1.82 bits per heavy atom. The first-order valence-corrected chi connectivity index (χ1v) is 9.18. The summed E-state index contributed by atoms with van der Waals surface area (Å²) in [5, 5.41) is 8.35. The number of benzene rings is 2. The number of aromatic nitrogens is 3. The van der Waals surface area contributed by atoms with Gasteiger partial charge < -0.3 is 14.4 Å². The van der Waals surface area contributed by atoms with Gasteiger partial charge in [0.25, 0.3) is 5.91 Å². The molecule has 0 N–H and O–H groups in total. The molecule has 1 aromatic heterocycles. The van der Waals surface area contributed by atoms with Crippen LogP contribution in [-0.4, -0.2) is 46.0 Å². The molecule has 1 saturated heterocycles. The normalized spacial score (nSPS) is 14.0. The third-order valence-corrected chi connectivity index (χ3v) is 4.78. The maximum absolute atomic E-state index is 12.5. The molecule has 0 unspecified atom stereocenters. The molecule has 2 heterocycles. The fourth-order valence-electron chi connectivity index (χ4n) is 3.11. The van der Waals surface area contributed by atoms with Crippen LogP contribution in [0, 0.1) is 0 Å². The maximum Gasteiger partial charge on any atom is 0.254 e. The van der Waals surface area contributed by atoms with Gasteiger partial charge in [-0.3, -0.25) is 4.79 Å². The highest BCUT2D eigenvalue weighted by molar-refractivity contribution is 5.94. The van der Waals surface area contributed by atoms with E-state index in [0.29, 0.717) is 31.9 Å². The standard InChI is InChI=1S/C21H22N4O3/c1-27-20-9-7-17(8-10-20)21(26)24-12-19(13-24)25-11-18(22-23-25)15-28-14-16-5-3-2-4-6-16/h2-11,19H,12-15H2,1H3. The zero-order valence-corrected chi connectivity index (χ0v) is 15.7. The number of hydrogen-bond acceptors (Lipinski definition) is 5. The Hall–Kier alpha value is -3.19. The first-order valence-electron chi connectivity index (χ1n) is 9.18. The van der Waals surface area contributed by atoms with E-state index in [0.717, 1.165) is 17.0 Å². The molecule has 0 bridgehead atoms. The predicted octanol–water partition coefficient (Wildman–Crippen LogP) is 2.70. The molecular formula is C21H22N4O3. The van der Waals surface area contributed by atoms with Crippen molar-refractivity contribution < 1.29 is 14.3 Å². The lowest BCUT2D eigenvalue weighted by molar-refractivity contribution is 0.0498. The zero-order valence-electron chi connectivity index (χ0n) is 15.7. The second-order valence-corrected chi connectivity index (χ2v) is 6.76. The summed E-state index contributed by atoms with van der Waals surface area (Å²) in [6, 6.07) is 17.3. The molecule has 1 aliphatic rings. The lowest BCUT2D eigenvalue weighted by Gasteiger charge is -2.38. The number of rotatable bonds is 7. The number of methoxy groups -OCH3 is 1. The summed E-state index contributed by atoms with van der Waals surface area (Å²) < 4.78 is 12.6. The summed E-state index contributed by atoms with van der Waals surface area (Å²) >= 11 is 0. The van der Waals surface area contributed by atoms with Crippen molar-refractivity contribution >= 4 is 5.91 Å². The molecule has 144 valence electrons. The van der Waals surface area contributed by atoms with Gasteiger partial charge in [0.15, 0.2) is 0 Å². The van der Waals surface area contributed by atoms with Crippen LogP contribution in [0.15, 0.2) is 60.8 Å². The largest absolute Gasteiger partial charge is 0.497 e. The second-order valence-electron chi connectivity index (χ2n) is 6.76. The summed E-state index contributed by atoms with van der Waals surface area (Å²) in [6.45, 7) is 2.20. The molecule has 2 aromatic carbocycles. The molecule has 0 atom stereocenters. The van der Waals surface area contributed by atoms with E-state index in [1.165, 1.54) is 0 Å². The third-order valence-electron chi connectivity index (χ3n) is 4.78. The Morgan fingerprint density at radius 3 is 2.54 bits per heavy atom. The van der Waals surface area contributed by atoms with E-state index in [9.17, 15) is 4.79 Å². The van der Waals surface area contributed by atoms with Gasteiger partial charge >= 0.3 is 0 Å². The van der Waals surface area contributed by atoms with Crippen molar-refractivity contribution in [1.82, 2.24) is 19.9 Å². The molecule has 1 aliphatic heterocycles. The number of carbonyl (C=O) groups excluding carboxylic acids is 1. The van der Waals surface area contributed by atoms with Gasteiger partial charge in [-0.05, 0) is 29.8 Å². The molecule has 28 heavy (non-hydrogen) atoms. The smallest absolute Gasteiger partial charge is 0.254 e. The highest BCUT2D eigenvalue weighted by Crippen LogP contribution is 2.23. The topological polar surface area (TPSA) is 69.5 Å². The van der Waals surface area contributed by atoms with Gasteiger partial charge in [0, 0.05) is 18.7 Å². The average molecular weight is 378 g/mol. The van der Waals surface area contributed by atoms with Gasteiger partial charge in [0.05, 0.1) is 32.6 Å². The molecule has 0 aliphatic carbocycles. The average Bonchev–Trinajstić information content (AvgIpc) is 3.16. The predicted molar refractivity (Wildman–Crippen MR) is 103 cm³/mol. The third kappa shape index (κ3) is 4.04. The van der Waals surface area contributed by atoms with Crippen LogP contribution < -0.4 is 4.74 Å². The van der Waals surface area contributed by atoms with E-state index in [-0.39, 0.29) is 11.9 Å². The molecular weight excluding hydrogens is 356 g/mol. The molecule has 0 saturated carbocycles. The number of nitrogens with zero attached hydrogens (tertiary/aromatic N) is 4. The molecule has 1 fully saturated rings. The zero-order chi connectivity index (χ0) is 19.3. The van der Waals surface area contributed by atoms with Crippen molar-refractivity contribution in [2.75, 3.05) is 20.2 Å². The fourth-order valence-corrected chi connectivity index (χ4v) is 3.11. The van der Waals surface area contributed by atoms with E-state index in [4.69, 9.17) is 9.47 Å². The van der Waals surface area contributed by atoms with Crippen LogP contribution in [-0.2, 0) is 18.0 Å². The highest BCUT2D eigenvalue weighted by atomic mass is 16.5. The Labute approximate surface area is 163 Å². The van der Waals surface area contributed by atoms with Crippen molar-refractivity contribution in [2.45, 2.75) is 19.3 Å². The molecule has 0 radical (unpaired) electrons. The van der Waals surface area contributed by atoms with Gasteiger partial charge in [-0.1, -0.05) is 35.5 Å². The van der Waals surface area contributed by atoms with Crippen molar-refractivity contribution in [3.8, 4) is 5.75 Å². The minimum Gasteiger partial charge on any atom is -0.497 e. The van der Waals surface area contributed by atoms with Crippen LogP contribution >= 0.6 is 0 Å². The molecule has 0 spiro atoms. The lowest BCUT2D eigenvalue weighted by atomic mass is 10.1. The SMILES string of the molecule is COc1ccc(C(=O)N2CC(n3cc(COCc4ccccc4)nn3)C2)cc1. The van der Waals surface area contributed by atoms with E-state index in [1.807, 2.05) is 41.2 Å². The Balaban J connectivity index is 1.26. The van der Waals surface area contributed by atoms with Crippen LogP contribution in [0.1, 0.15) is 27.7 Å². The van der Waals surface area contributed by atoms with Gasteiger partial charge in [-0.2, -0.15) is 0 Å². The van der Waals surface area contributed by atoms with Crippen LogP contribution in [0.25, 0.3) is 0 Å². The Morgan fingerprint density at radius 1 is 1.07 bits per heavy atom. The van der Waals surface area contributed by atoms with Gasteiger partial charge in [0.2, 0.25) is 0 Å². The van der Waals surface area contributed by atoms with E-state index in [1.54, 1.807) is 36.3 Å². The first-order chi connectivity index (χ1) is 13.7. The van der Waals surface area contributed by atoms with Gasteiger partial charge in [0.1, 0.15) is 11.4 Å². The maximum atomic E-state index is 12.5. The Kier molecular flexibility index (Phi) is 5.34. The Bertz CT molecular complexity index is 918. The fraction of sp³-hybridized carbons (Fsp3) is 0.286. The number of amides is 1. The van der Waals surface area contributed by atoms with Crippen LogP contribution in [0.2, 0.25) is 0 Å². The summed E-state index contributed by atoms with van der Waals surface area (Å²) in [6.07, 6.45) is 1.89. The molecule has 7 heteroatoms.